The first-order valence-corrected chi connectivity index (χ1v) is 10.3. The van der Waals surface area contributed by atoms with Gasteiger partial charge in [0.05, 0.1) is 0 Å². The zero-order chi connectivity index (χ0) is 18.2. The Hall–Kier alpha value is -0.450. The Morgan fingerprint density at radius 1 is 1.04 bits per heavy atom. The van der Waals surface area contributed by atoms with Gasteiger partial charge in [-0.15, -0.1) is 0 Å². The molecule has 4 saturated carbocycles. The number of hydrogen-bond donors (Lipinski definition) is 3. The minimum atomic E-state index is -2.25. The van der Waals surface area contributed by atoms with Crippen LogP contribution in [0.3, 0.4) is 0 Å². The van der Waals surface area contributed by atoms with Crippen LogP contribution in [0.25, 0.3) is 0 Å². The molecular formula is C21H34O4. The van der Waals surface area contributed by atoms with E-state index < -0.39 is 17.3 Å². The van der Waals surface area contributed by atoms with Crippen molar-refractivity contribution in [1.29, 1.82) is 0 Å². The number of carbonyl (C=O) groups excluding carboxylic acids is 1. The van der Waals surface area contributed by atoms with E-state index in [-0.39, 0.29) is 24.0 Å². The minimum Gasteiger partial charge on any atom is -0.380 e. The van der Waals surface area contributed by atoms with Crippen LogP contribution >= 0.6 is 0 Å². The third-order valence-corrected chi connectivity index (χ3v) is 9.36. The number of carbonyl (C=O) groups is 1. The fourth-order valence-corrected chi connectivity index (χ4v) is 7.89. The number of ketones is 1. The summed E-state index contributed by atoms with van der Waals surface area (Å²) in [7, 11) is 0. The summed E-state index contributed by atoms with van der Waals surface area (Å²) in [5, 5.41) is 30.5. The number of aliphatic hydroxyl groups excluding tert-OH is 1. The van der Waals surface area contributed by atoms with Crippen LogP contribution in [0, 0.1) is 40.4 Å². The summed E-state index contributed by atoms with van der Waals surface area (Å²) < 4.78 is 0. The molecule has 0 aromatic carbocycles. The molecule has 4 nitrogen and oxygen atoms in total. The standard InChI is InChI=1S/C21H34O4/c1-4-12-6-8-15-14-7-5-13-11-21(24,25)18(23)17(22)20(13,3)16(14)9-10-19(12,15)2/h12-16,18,23-25H,4-11H2,1-3H3/t12-,13?,14-,15-,16-,18?,19+,20-/m0/s1. The first-order valence-electron chi connectivity index (χ1n) is 10.3. The molecule has 0 aliphatic heterocycles. The van der Waals surface area contributed by atoms with Crippen molar-refractivity contribution in [3.05, 3.63) is 0 Å². The van der Waals surface area contributed by atoms with Crippen LogP contribution in [0.1, 0.15) is 72.1 Å². The molecule has 142 valence electrons. The summed E-state index contributed by atoms with van der Waals surface area (Å²) in [6.07, 6.45) is 6.50. The van der Waals surface area contributed by atoms with Crippen molar-refractivity contribution in [2.24, 2.45) is 40.4 Å². The van der Waals surface area contributed by atoms with Crippen LogP contribution in [-0.2, 0) is 4.79 Å². The fourth-order valence-electron chi connectivity index (χ4n) is 7.89. The van der Waals surface area contributed by atoms with Crippen molar-refractivity contribution >= 4 is 5.78 Å². The minimum absolute atomic E-state index is 0.0209. The fraction of sp³-hybridized carbons (Fsp3) is 0.952. The monoisotopic (exact) mass is 350 g/mol. The lowest BCUT2D eigenvalue weighted by Gasteiger charge is -2.61. The summed E-state index contributed by atoms with van der Waals surface area (Å²) >= 11 is 0. The molecule has 4 heteroatoms. The van der Waals surface area contributed by atoms with Gasteiger partial charge in [-0.25, -0.2) is 0 Å². The maximum absolute atomic E-state index is 13.1. The van der Waals surface area contributed by atoms with Crippen LogP contribution in [0.15, 0.2) is 0 Å². The van der Waals surface area contributed by atoms with Crippen molar-refractivity contribution in [2.45, 2.75) is 84.0 Å². The molecule has 3 N–H and O–H groups in total. The Bertz CT molecular complexity index is 572. The number of hydrogen-bond acceptors (Lipinski definition) is 4. The second-order valence-electron chi connectivity index (χ2n) is 10.0. The molecule has 25 heavy (non-hydrogen) atoms. The molecule has 0 heterocycles. The van der Waals surface area contributed by atoms with E-state index in [1.165, 1.54) is 25.7 Å². The SMILES string of the molecule is CC[C@H]1CC[C@H]2[C@@H]3CCC4CC(O)(O)C(O)C(=O)[C@]4(C)[C@H]3CC[C@]12C. The molecule has 4 aliphatic carbocycles. The van der Waals surface area contributed by atoms with Gasteiger partial charge in [0.2, 0.25) is 0 Å². The number of aliphatic hydroxyl groups is 3. The predicted octanol–water partition coefficient (Wildman–Crippen LogP) is 2.89. The Morgan fingerprint density at radius 3 is 2.44 bits per heavy atom. The Kier molecular flexibility index (Phi) is 3.97. The third-order valence-electron chi connectivity index (χ3n) is 9.36. The second-order valence-corrected chi connectivity index (χ2v) is 10.0. The highest BCUT2D eigenvalue weighted by molar-refractivity contribution is 5.91. The van der Waals surface area contributed by atoms with Gasteiger partial charge in [-0.3, -0.25) is 4.79 Å². The summed E-state index contributed by atoms with van der Waals surface area (Å²) in [4.78, 5) is 13.1. The van der Waals surface area contributed by atoms with Crippen LogP contribution in [0.4, 0.5) is 0 Å². The zero-order valence-electron chi connectivity index (χ0n) is 15.9. The molecule has 0 aromatic heterocycles. The topological polar surface area (TPSA) is 77.8 Å². The van der Waals surface area contributed by atoms with Crippen molar-refractivity contribution in [2.75, 3.05) is 0 Å². The Labute approximate surface area is 151 Å². The Balaban J connectivity index is 1.68. The average Bonchev–Trinajstić information content (AvgIpc) is 2.91. The summed E-state index contributed by atoms with van der Waals surface area (Å²) in [6, 6.07) is 0. The van der Waals surface area contributed by atoms with Gasteiger partial charge >= 0.3 is 0 Å². The van der Waals surface area contributed by atoms with Crippen molar-refractivity contribution in [1.82, 2.24) is 0 Å². The second kappa shape index (κ2) is 5.53. The highest BCUT2D eigenvalue weighted by Gasteiger charge is 2.66. The molecule has 8 atom stereocenters. The first-order chi connectivity index (χ1) is 11.7. The summed E-state index contributed by atoms with van der Waals surface area (Å²) in [5.41, 5.74) is -0.184. The van der Waals surface area contributed by atoms with Crippen LogP contribution in [-0.4, -0.2) is 33.0 Å². The summed E-state index contributed by atoms with van der Waals surface area (Å²) in [5.74, 6) is -0.258. The lowest BCUT2D eigenvalue weighted by molar-refractivity contribution is -0.265. The summed E-state index contributed by atoms with van der Waals surface area (Å²) in [6.45, 7) is 6.81. The highest BCUT2D eigenvalue weighted by Crippen LogP contribution is 2.67. The maximum Gasteiger partial charge on any atom is 0.197 e. The van der Waals surface area contributed by atoms with Gasteiger partial charge < -0.3 is 15.3 Å². The average molecular weight is 350 g/mol. The molecule has 0 spiro atoms. The van der Waals surface area contributed by atoms with Gasteiger partial charge in [0, 0.05) is 11.8 Å². The Morgan fingerprint density at radius 2 is 1.76 bits per heavy atom. The molecule has 4 fully saturated rings. The first kappa shape index (κ1) is 17.9. The predicted molar refractivity (Wildman–Crippen MR) is 94.5 cm³/mol. The van der Waals surface area contributed by atoms with Crippen molar-refractivity contribution in [3.63, 3.8) is 0 Å². The quantitative estimate of drug-likeness (QED) is 0.636. The van der Waals surface area contributed by atoms with Gasteiger partial charge in [0.1, 0.15) is 0 Å². The number of fused-ring (bicyclic) bond motifs is 5. The molecule has 2 unspecified atom stereocenters. The number of Topliss-reactive ketones (excluding diaryl/α,β-unsaturated/α-hetero) is 1. The molecule has 0 aromatic rings. The zero-order valence-corrected chi connectivity index (χ0v) is 15.9. The molecule has 0 saturated heterocycles. The van der Waals surface area contributed by atoms with Gasteiger partial charge in [-0.1, -0.05) is 27.2 Å². The van der Waals surface area contributed by atoms with Crippen LogP contribution < -0.4 is 0 Å². The van der Waals surface area contributed by atoms with E-state index in [1.807, 2.05) is 6.92 Å². The molecular weight excluding hydrogens is 316 g/mol. The van der Waals surface area contributed by atoms with E-state index in [9.17, 15) is 20.1 Å². The molecule has 4 rings (SSSR count). The van der Waals surface area contributed by atoms with Gasteiger partial charge in [0.15, 0.2) is 17.7 Å². The normalized spacial score (nSPS) is 54.6. The lowest BCUT2D eigenvalue weighted by Crippen LogP contribution is -2.66. The van der Waals surface area contributed by atoms with Gasteiger partial charge in [-0.2, -0.15) is 0 Å². The van der Waals surface area contributed by atoms with Crippen molar-refractivity contribution in [3.8, 4) is 0 Å². The molecule has 4 aliphatic rings. The van der Waals surface area contributed by atoms with E-state index in [1.54, 1.807) is 0 Å². The molecule has 0 bridgehead atoms. The molecule has 0 amide bonds. The van der Waals surface area contributed by atoms with E-state index >= 15 is 0 Å². The van der Waals surface area contributed by atoms with E-state index in [4.69, 9.17) is 0 Å². The van der Waals surface area contributed by atoms with Crippen molar-refractivity contribution < 1.29 is 20.1 Å². The van der Waals surface area contributed by atoms with E-state index in [0.29, 0.717) is 17.3 Å². The van der Waals surface area contributed by atoms with Crippen LogP contribution in [0.2, 0.25) is 0 Å². The number of rotatable bonds is 1. The lowest BCUT2D eigenvalue weighted by atomic mass is 9.44. The highest BCUT2D eigenvalue weighted by atomic mass is 16.5. The van der Waals surface area contributed by atoms with Gasteiger partial charge in [-0.05, 0) is 73.5 Å². The maximum atomic E-state index is 13.1. The van der Waals surface area contributed by atoms with Crippen LogP contribution in [0.5, 0.6) is 0 Å². The smallest absolute Gasteiger partial charge is 0.197 e. The largest absolute Gasteiger partial charge is 0.380 e. The molecule has 0 radical (unpaired) electrons. The third kappa shape index (κ3) is 2.20. The van der Waals surface area contributed by atoms with E-state index in [2.05, 4.69) is 13.8 Å². The van der Waals surface area contributed by atoms with E-state index in [0.717, 1.165) is 25.2 Å². The van der Waals surface area contributed by atoms with Gasteiger partial charge in [0.25, 0.3) is 0 Å².